The lowest BCUT2D eigenvalue weighted by molar-refractivity contribution is -0.138. The van der Waals surface area contributed by atoms with Gasteiger partial charge in [-0.1, -0.05) is 20.1 Å². The first kappa shape index (κ1) is 21.9. The molecule has 0 amide bonds. The molecule has 0 saturated heterocycles. The van der Waals surface area contributed by atoms with E-state index in [0.717, 1.165) is 0 Å². The van der Waals surface area contributed by atoms with Crippen LogP contribution in [0.4, 0.5) is 0 Å². The van der Waals surface area contributed by atoms with E-state index in [1.54, 1.807) is 20.8 Å². The molecule has 0 aromatic heterocycles. The Balaban J connectivity index is 0. The molecule has 22 heavy (non-hydrogen) atoms. The van der Waals surface area contributed by atoms with Crippen LogP contribution >= 0.6 is 0 Å². The summed E-state index contributed by atoms with van der Waals surface area (Å²) in [5.74, 6) is -1.82. The van der Waals surface area contributed by atoms with Gasteiger partial charge in [0.2, 0.25) is 0 Å². The average molecular weight is 312 g/mol. The Labute approximate surface area is 131 Å². The molecule has 0 aliphatic carbocycles. The van der Waals surface area contributed by atoms with Gasteiger partial charge in [-0.15, -0.1) is 0 Å². The molecule has 0 heterocycles. The molecule has 0 aliphatic rings. The van der Waals surface area contributed by atoms with Crippen molar-refractivity contribution >= 4 is 17.9 Å². The number of carbonyl (C=O) groups is 3. The van der Waals surface area contributed by atoms with Crippen LogP contribution in [0.1, 0.15) is 41.0 Å². The fourth-order valence-corrected chi connectivity index (χ4v) is 0.986. The molecule has 6 heteroatoms. The van der Waals surface area contributed by atoms with Gasteiger partial charge >= 0.3 is 17.9 Å². The first-order valence-electron chi connectivity index (χ1n) is 6.71. The van der Waals surface area contributed by atoms with Crippen molar-refractivity contribution in [2.45, 2.75) is 41.0 Å². The maximum absolute atomic E-state index is 11.1. The molecule has 0 saturated carbocycles. The molecule has 0 aromatic rings. The lowest BCUT2D eigenvalue weighted by atomic mass is 10.2. The van der Waals surface area contributed by atoms with Crippen LogP contribution in [0.5, 0.6) is 0 Å². The maximum Gasteiger partial charge on any atom is 0.338 e. The zero-order valence-corrected chi connectivity index (χ0v) is 13.8. The number of aliphatic carboxylic acids is 1. The molecule has 0 aromatic carbocycles. The molecule has 1 N–H and O–H groups in total. The Morgan fingerprint density at radius 3 is 1.64 bits per heavy atom. The summed E-state index contributed by atoms with van der Waals surface area (Å²) in [6.45, 7) is 15.2. The summed E-state index contributed by atoms with van der Waals surface area (Å²) in [7, 11) is 0. The summed E-state index contributed by atoms with van der Waals surface area (Å²) in [5.41, 5.74) is 0.739. The van der Waals surface area contributed by atoms with Gasteiger partial charge < -0.3 is 14.6 Å². The minimum Gasteiger partial charge on any atom is -0.478 e. The lowest BCUT2D eigenvalue weighted by Gasteiger charge is -2.08. The van der Waals surface area contributed by atoms with E-state index in [4.69, 9.17) is 9.84 Å². The standard InChI is InChI=1S/C10H14O4.C6H10O2/c1-5-8(7(4)9(11)12)14-10(13)6(2)3;1-4-8-6(7)5(2)3/h2,5H2,1,3-4H3,(H,11,12);2,4H2,1,3H3. The Bertz CT molecular complexity index is 485. The van der Waals surface area contributed by atoms with Gasteiger partial charge in [-0.25, -0.2) is 14.4 Å². The highest BCUT2D eigenvalue weighted by atomic mass is 16.5. The Morgan fingerprint density at radius 2 is 1.41 bits per heavy atom. The monoisotopic (exact) mass is 312 g/mol. The Morgan fingerprint density at radius 1 is 0.955 bits per heavy atom. The Kier molecular flexibility index (Phi) is 11.3. The smallest absolute Gasteiger partial charge is 0.338 e. The van der Waals surface area contributed by atoms with Crippen molar-refractivity contribution in [1.29, 1.82) is 0 Å². The second-order valence-corrected chi connectivity index (χ2v) is 4.38. The fourth-order valence-electron chi connectivity index (χ4n) is 0.986. The number of allylic oxidation sites excluding steroid dienone is 1. The van der Waals surface area contributed by atoms with Crippen LogP contribution in [0, 0.1) is 0 Å². The predicted octanol–water partition coefficient (Wildman–Crippen LogP) is 3.00. The normalized spacial score (nSPS) is 10.4. The fraction of sp³-hybridized carbons (Fsp3) is 0.438. The summed E-state index contributed by atoms with van der Waals surface area (Å²) in [6, 6.07) is 0. The van der Waals surface area contributed by atoms with E-state index in [2.05, 4.69) is 17.9 Å². The molecule has 0 rings (SSSR count). The first-order valence-corrected chi connectivity index (χ1v) is 6.71. The predicted molar refractivity (Wildman–Crippen MR) is 83.0 cm³/mol. The van der Waals surface area contributed by atoms with E-state index in [-0.39, 0.29) is 22.9 Å². The quantitative estimate of drug-likeness (QED) is 0.460. The van der Waals surface area contributed by atoms with Crippen molar-refractivity contribution in [2.75, 3.05) is 6.61 Å². The first-order chi connectivity index (χ1) is 10.1. The van der Waals surface area contributed by atoms with Crippen LogP contribution in [-0.2, 0) is 23.9 Å². The van der Waals surface area contributed by atoms with E-state index < -0.39 is 11.9 Å². The minimum atomic E-state index is -1.09. The zero-order valence-electron chi connectivity index (χ0n) is 13.8. The van der Waals surface area contributed by atoms with E-state index in [1.807, 2.05) is 0 Å². The van der Waals surface area contributed by atoms with Crippen molar-refractivity contribution in [3.8, 4) is 0 Å². The van der Waals surface area contributed by atoms with Crippen LogP contribution < -0.4 is 0 Å². The summed E-state index contributed by atoms with van der Waals surface area (Å²) in [6.07, 6.45) is 0.358. The molecule has 0 bridgehead atoms. The maximum atomic E-state index is 11.1. The zero-order chi connectivity index (χ0) is 17.9. The van der Waals surface area contributed by atoms with E-state index in [0.29, 0.717) is 18.6 Å². The van der Waals surface area contributed by atoms with E-state index >= 15 is 0 Å². The highest BCUT2D eigenvalue weighted by molar-refractivity contribution is 5.90. The summed E-state index contributed by atoms with van der Waals surface area (Å²) < 4.78 is 9.41. The van der Waals surface area contributed by atoms with Crippen molar-refractivity contribution < 1.29 is 29.0 Å². The van der Waals surface area contributed by atoms with Gasteiger partial charge in [0, 0.05) is 17.6 Å². The number of carboxylic acids is 1. The van der Waals surface area contributed by atoms with Gasteiger partial charge in [0.15, 0.2) is 0 Å². The van der Waals surface area contributed by atoms with E-state index in [1.165, 1.54) is 13.8 Å². The van der Waals surface area contributed by atoms with Crippen LogP contribution in [-0.4, -0.2) is 29.6 Å². The minimum absolute atomic E-state index is 0.0436. The Hall–Kier alpha value is -2.37. The molecular weight excluding hydrogens is 288 g/mol. The van der Waals surface area contributed by atoms with Gasteiger partial charge in [0.25, 0.3) is 0 Å². The second kappa shape index (κ2) is 11.3. The number of carboxylic acid groups (broad SMARTS) is 1. The molecule has 0 aliphatic heterocycles. The topological polar surface area (TPSA) is 89.9 Å². The molecule has 6 nitrogen and oxygen atoms in total. The van der Waals surface area contributed by atoms with Crippen molar-refractivity contribution in [3.05, 3.63) is 35.6 Å². The highest BCUT2D eigenvalue weighted by Crippen LogP contribution is 2.12. The van der Waals surface area contributed by atoms with Gasteiger partial charge in [-0.05, 0) is 27.7 Å². The SMILES string of the molecule is C=C(C)C(=O)OC(CC)=C(C)C(=O)O.C=C(C)C(=O)OCC. The summed E-state index contributed by atoms with van der Waals surface area (Å²) in [5, 5.41) is 8.66. The molecule has 0 atom stereocenters. The number of carbonyl (C=O) groups excluding carboxylic acids is 2. The second-order valence-electron chi connectivity index (χ2n) is 4.38. The highest BCUT2D eigenvalue weighted by Gasteiger charge is 2.13. The lowest BCUT2D eigenvalue weighted by Crippen LogP contribution is -2.09. The molecular formula is C16H24O6. The summed E-state index contributed by atoms with van der Waals surface area (Å²) in [4.78, 5) is 32.1. The van der Waals surface area contributed by atoms with Crippen LogP contribution in [0.15, 0.2) is 35.6 Å². The van der Waals surface area contributed by atoms with Gasteiger partial charge in [0.05, 0.1) is 12.2 Å². The number of hydrogen-bond acceptors (Lipinski definition) is 5. The third-order valence-electron chi connectivity index (χ3n) is 2.25. The van der Waals surface area contributed by atoms with Crippen molar-refractivity contribution in [3.63, 3.8) is 0 Å². The molecule has 0 radical (unpaired) electrons. The summed E-state index contributed by atoms with van der Waals surface area (Å²) >= 11 is 0. The van der Waals surface area contributed by atoms with Gasteiger partial charge in [0.1, 0.15) is 5.76 Å². The molecule has 0 spiro atoms. The number of hydrogen-bond donors (Lipinski definition) is 1. The van der Waals surface area contributed by atoms with E-state index in [9.17, 15) is 14.4 Å². The number of ether oxygens (including phenoxy) is 2. The molecule has 0 fully saturated rings. The molecule has 124 valence electrons. The average Bonchev–Trinajstić information content (AvgIpc) is 2.44. The van der Waals surface area contributed by atoms with Crippen molar-refractivity contribution in [2.24, 2.45) is 0 Å². The third kappa shape index (κ3) is 9.52. The number of esters is 2. The van der Waals surface area contributed by atoms with Crippen LogP contribution in [0.2, 0.25) is 0 Å². The van der Waals surface area contributed by atoms with Crippen molar-refractivity contribution in [1.82, 2.24) is 0 Å². The van der Waals surface area contributed by atoms with Crippen LogP contribution in [0.25, 0.3) is 0 Å². The number of rotatable bonds is 6. The van der Waals surface area contributed by atoms with Gasteiger partial charge in [-0.3, -0.25) is 0 Å². The largest absolute Gasteiger partial charge is 0.478 e. The van der Waals surface area contributed by atoms with Gasteiger partial charge in [-0.2, -0.15) is 0 Å². The molecule has 0 unspecified atom stereocenters. The third-order valence-corrected chi connectivity index (χ3v) is 2.25. The van der Waals surface area contributed by atoms with Crippen LogP contribution in [0.3, 0.4) is 0 Å².